The highest BCUT2D eigenvalue weighted by molar-refractivity contribution is 6.02. The van der Waals surface area contributed by atoms with Crippen molar-refractivity contribution in [2.75, 3.05) is 46.4 Å². The zero-order valence-electron chi connectivity index (χ0n) is 15.4. The number of pyridine rings is 1. The maximum Gasteiger partial charge on any atom is 0.232 e. The molecule has 0 N–H and O–H groups in total. The van der Waals surface area contributed by atoms with Gasteiger partial charge in [-0.2, -0.15) is 0 Å². The van der Waals surface area contributed by atoms with Gasteiger partial charge in [0.25, 0.3) is 0 Å². The zero-order valence-corrected chi connectivity index (χ0v) is 15.4. The molecule has 0 spiro atoms. The Balaban J connectivity index is 1.39. The number of nitrogens with zero attached hydrogens (tertiary/aromatic N) is 6. The van der Waals surface area contributed by atoms with E-state index in [0.29, 0.717) is 19.0 Å². The van der Waals surface area contributed by atoms with Crippen LogP contribution in [0.4, 0.5) is 0 Å². The van der Waals surface area contributed by atoms with Crippen LogP contribution >= 0.6 is 0 Å². The molecule has 2 aliphatic rings. The van der Waals surface area contributed by atoms with Gasteiger partial charge in [0.05, 0.1) is 30.3 Å². The van der Waals surface area contributed by atoms with E-state index in [1.807, 2.05) is 13.1 Å². The molecule has 0 radical (unpaired) electrons. The summed E-state index contributed by atoms with van der Waals surface area (Å²) in [6.45, 7) is 8.63. The molecule has 0 bridgehead atoms. The van der Waals surface area contributed by atoms with Gasteiger partial charge >= 0.3 is 0 Å². The summed E-state index contributed by atoms with van der Waals surface area (Å²) in [4.78, 5) is 22.6. The number of fused-ring (bicyclic) bond motifs is 1. The molecule has 0 aromatic carbocycles. The predicted molar refractivity (Wildman–Crippen MR) is 101 cm³/mol. The van der Waals surface area contributed by atoms with Crippen molar-refractivity contribution in [3.8, 4) is 17.1 Å². The SMILES string of the molecule is CC1=NCc2ncc(-c3cncc(OCCN4CCN(C)CC4)n3)cc21. The highest BCUT2D eigenvalue weighted by Gasteiger charge is 2.16. The molecular weight excluding hydrogens is 328 g/mol. The van der Waals surface area contributed by atoms with Gasteiger partial charge in [0.2, 0.25) is 5.88 Å². The molecule has 2 aromatic rings. The fourth-order valence-electron chi connectivity index (χ4n) is 3.26. The van der Waals surface area contributed by atoms with Crippen LogP contribution < -0.4 is 4.74 Å². The van der Waals surface area contributed by atoms with E-state index in [1.54, 1.807) is 12.4 Å². The average molecular weight is 352 g/mol. The smallest absolute Gasteiger partial charge is 0.232 e. The Hall–Kier alpha value is -2.38. The second-order valence-corrected chi connectivity index (χ2v) is 6.86. The molecular formula is C19H24N6O. The Morgan fingerprint density at radius 3 is 2.81 bits per heavy atom. The molecule has 7 nitrogen and oxygen atoms in total. The average Bonchev–Trinajstić information content (AvgIpc) is 3.04. The van der Waals surface area contributed by atoms with Gasteiger partial charge in [0.1, 0.15) is 6.61 Å². The maximum absolute atomic E-state index is 5.84. The van der Waals surface area contributed by atoms with Gasteiger partial charge < -0.3 is 9.64 Å². The summed E-state index contributed by atoms with van der Waals surface area (Å²) in [6, 6.07) is 2.09. The van der Waals surface area contributed by atoms with Gasteiger partial charge in [0, 0.05) is 55.8 Å². The molecule has 1 fully saturated rings. The first-order valence-electron chi connectivity index (χ1n) is 9.05. The number of aromatic nitrogens is 3. The van der Waals surface area contributed by atoms with Crippen molar-refractivity contribution in [1.82, 2.24) is 24.8 Å². The number of likely N-dealkylation sites (N-methyl/N-ethyl adjacent to an activating group) is 1. The van der Waals surface area contributed by atoms with E-state index < -0.39 is 0 Å². The first-order chi connectivity index (χ1) is 12.7. The maximum atomic E-state index is 5.84. The Morgan fingerprint density at radius 1 is 1.12 bits per heavy atom. The van der Waals surface area contributed by atoms with Gasteiger partial charge in [0.15, 0.2) is 0 Å². The van der Waals surface area contributed by atoms with Crippen molar-refractivity contribution in [2.45, 2.75) is 13.5 Å². The van der Waals surface area contributed by atoms with Crippen LogP contribution in [0.3, 0.4) is 0 Å². The highest BCUT2D eigenvalue weighted by Crippen LogP contribution is 2.24. The highest BCUT2D eigenvalue weighted by atomic mass is 16.5. The van der Waals surface area contributed by atoms with Crippen LogP contribution in [-0.2, 0) is 6.54 Å². The molecule has 2 aromatic heterocycles. The molecule has 7 heteroatoms. The second kappa shape index (κ2) is 7.47. The zero-order chi connectivity index (χ0) is 17.9. The predicted octanol–water partition coefficient (Wildman–Crippen LogP) is 1.49. The van der Waals surface area contributed by atoms with Crippen molar-refractivity contribution in [2.24, 2.45) is 4.99 Å². The monoisotopic (exact) mass is 352 g/mol. The topological polar surface area (TPSA) is 66.7 Å². The lowest BCUT2D eigenvalue weighted by molar-refractivity contribution is 0.132. The van der Waals surface area contributed by atoms with Crippen LogP contribution in [0.2, 0.25) is 0 Å². The van der Waals surface area contributed by atoms with Crippen LogP contribution in [0.1, 0.15) is 18.2 Å². The minimum Gasteiger partial charge on any atom is -0.475 e. The van der Waals surface area contributed by atoms with Gasteiger partial charge in [-0.3, -0.25) is 19.9 Å². The van der Waals surface area contributed by atoms with Gasteiger partial charge in [-0.1, -0.05) is 0 Å². The normalized spacial score (nSPS) is 17.8. The molecule has 0 saturated carbocycles. The van der Waals surface area contributed by atoms with E-state index in [1.165, 1.54) is 0 Å². The first kappa shape index (κ1) is 17.1. The summed E-state index contributed by atoms with van der Waals surface area (Å²) < 4.78 is 5.84. The third-order valence-electron chi connectivity index (χ3n) is 4.99. The van der Waals surface area contributed by atoms with Gasteiger partial charge in [-0.25, -0.2) is 4.98 Å². The summed E-state index contributed by atoms with van der Waals surface area (Å²) in [5.41, 5.74) is 4.88. The molecule has 136 valence electrons. The first-order valence-corrected chi connectivity index (χ1v) is 9.05. The Morgan fingerprint density at radius 2 is 1.96 bits per heavy atom. The second-order valence-electron chi connectivity index (χ2n) is 6.86. The molecule has 0 aliphatic carbocycles. The largest absolute Gasteiger partial charge is 0.475 e. The molecule has 0 atom stereocenters. The number of hydrogen-bond acceptors (Lipinski definition) is 7. The number of rotatable bonds is 5. The minimum atomic E-state index is 0.558. The van der Waals surface area contributed by atoms with Crippen molar-refractivity contribution in [3.05, 3.63) is 35.9 Å². The third-order valence-corrected chi connectivity index (χ3v) is 4.99. The van der Waals surface area contributed by atoms with Crippen LogP contribution in [0, 0.1) is 0 Å². The molecule has 0 amide bonds. The van der Waals surface area contributed by atoms with Crippen LogP contribution in [-0.4, -0.2) is 76.8 Å². The lowest BCUT2D eigenvalue weighted by Crippen LogP contribution is -2.45. The number of hydrogen-bond donors (Lipinski definition) is 0. The fraction of sp³-hybridized carbons (Fsp3) is 0.474. The van der Waals surface area contributed by atoms with E-state index >= 15 is 0 Å². The third kappa shape index (κ3) is 3.73. The van der Waals surface area contributed by atoms with Crippen molar-refractivity contribution >= 4 is 5.71 Å². The molecule has 0 unspecified atom stereocenters. The van der Waals surface area contributed by atoms with Crippen LogP contribution in [0.15, 0.2) is 29.6 Å². The molecule has 4 rings (SSSR count). The minimum absolute atomic E-state index is 0.558. The van der Waals surface area contributed by atoms with Crippen molar-refractivity contribution < 1.29 is 4.74 Å². The molecule has 4 heterocycles. The Bertz CT molecular complexity index is 813. The molecule has 26 heavy (non-hydrogen) atoms. The van der Waals surface area contributed by atoms with E-state index in [-0.39, 0.29) is 0 Å². The van der Waals surface area contributed by atoms with E-state index in [9.17, 15) is 0 Å². The van der Waals surface area contributed by atoms with E-state index in [4.69, 9.17) is 4.74 Å². The summed E-state index contributed by atoms with van der Waals surface area (Å²) in [5, 5.41) is 0. The Labute approximate surface area is 153 Å². The van der Waals surface area contributed by atoms with Gasteiger partial charge in [-0.15, -0.1) is 0 Å². The Kier molecular flexibility index (Phi) is 4.90. The molecule has 2 aliphatic heterocycles. The molecule has 1 saturated heterocycles. The summed E-state index contributed by atoms with van der Waals surface area (Å²) >= 11 is 0. The number of piperazine rings is 1. The standard InChI is InChI=1S/C19H24N6O/c1-14-16-9-15(10-22-18(16)12-21-14)17-11-20-13-19(23-17)26-8-7-25-5-3-24(2)4-6-25/h9-11,13H,3-8,12H2,1-2H3. The lowest BCUT2D eigenvalue weighted by atomic mass is 10.1. The lowest BCUT2D eigenvalue weighted by Gasteiger charge is -2.32. The van der Waals surface area contributed by atoms with Crippen molar-refractivity contribution in [3.63, 3.8) is 0 Å². The summed E-state index contributed by atoms with van der Waals surface area (Å²) in [5.74, 6) is 0.558. The van der Waals surface area contributed by atoms with E-state index in [2.05, 4.69) is 42.9 Å². The fourth-order valence-corrected chi connectivity index (χ4v) is 3.26. The number of aliphatic imine (C=N–C) groups is 1. The quantitative estimate of drug-likeness (QED) is 0.812. The van der Waals surface area contributed by atoms with Crippen molar-refractivity contribution in [1.29, 1.82) is 0 Å². The number of ether oxygens (including phenoxy) is 1. The van der Waals surface area contributed by atoms with Gasteiger partial charge in [-0.05, 0) is 20.0 Å². The van der Waals surface area contributed by atoms with E-state index in [0.717, 1.165) is 61.0 Å². The summed E-state index contributed by atoms with van der Waals surface area (Å²) in [7, 11) is 2.16. The summed E-state index contributed by atoms with van der Waals surface area (Å²) in [6.07, 6.45) is 5.25. The van der Waals surface area contributed by atoms with Crippen LogP contribution in [0.25, 0.3) is 11.3 Å². The van der Waals surface area contributed by atoms with Crippen LogP contribution in [0.5, 0.6) is 5.88 Å².